The van der Waals surface area contributed by atoms with Gasteiger partial charge in [-0.05, 0) is 42.3 Å². The number of H-pyrrole nitrogens is 1. The van der Waals surface area contributed by atoms with Gasteiger partial charge < -0.3 is 25.5 Å². The minimum absolute atomic E-state index is 0.187. The van der Waals surface area contributed by atoms with E-state index >= 15 is 0 Å². The van der Waals surface area contributed by atoms with Gasteiger partial charge in [0, 0.05) is 17.4 Å². The zero-order chi connectivity index (χ0) is 26.6. The van der Waals surface area contributed by atoms with Gasteiger partial charge in [0.1, 0.15) is 30.3 Å². The van der Waals surface area contributed by atoms with Gasteiger partial charge in [0.05, 0.1) is 11.3 Å². The average molecular weight is 513 g/mol. The number of nitrogens with two attached hydrogens (primary N) is 1. The highest BCUT2D eigenvalue weighted by molar-refractivity contribution is 6.06. The first-order chi connectivity index (χ1) is 17.7. The van der Waals surface area contributed by atoms with E-state index in [1.54, 1.807) is 24.3 Å². The first-order valence-electron chi connectivity index (χ1n) is 11.2. The zero-order valence-electron chi connectivity index (χ0n) is 19.6. The van der Waals surface area contributed by atoms with Crippen LogP contribution in [0.2, 0.25) is 0 Å². The van der Waals surface area contributed by atoms with E-state index in [1.165, 1.54) is 6.20 Å². The van der Waals surface area contributed by atoms with E-state index in [2.05, 4.69) is 25.0 Å². The van der Waals surface area contributed by atoms with Crippen molar-refractivity contribution >= 4 is 34.4 Å². The maximum absolute atomic E-state index is 12.2. The van der Waals surface area contributed by atoms with Crippen molar-refractivity contribution in [1.82, 2.24) is 15.0 Å². The molecule has 0 fully saturated rings. The minimum atomic E-state index is -5.05. The molecule has 0 radical (unpaired) electrons. The summed E-state index contributed by atoms with van der Waals surface area (Å²) in [5, 5.41) is 3.29. The highest BCUT2D eigenvalue weighted by Crippen LogP contribution is 2.31. The van der Waals surface area contributed by atoms with Crippen LogP contribution in [-0.4, -0.2) is 46.2 Å². The zero-order valence-corrected chi connectivity index (χ0v) is 19.6. The van der Waals surface area contributed by atoms with Crippen LogP contribution >= 0.6 is 0 Å². The Labute approximate surface area is 208 Å². The fraction of sp³-hybridized carbons (Fsp3) is 0.200. The second kappa shape index (κ2) is 10.6. The van der Waals surface area contributed by atoms with Crippen LogP contribution in [0.25, 0.3) is 22.6 Å². The van der Waals surface area contributed by atoms with Crippen molar-refractivity contribution in [1.29, 1.82) is 0 Å². The number of aryl methyl sites for hydroxylation is 1. The fourth-order valence-electron chi connectivity index (χ4n) is 3.57. The number of pyridine rings is 1. The van der Waals surface area contributed by atoms with E-state index in [-0.39, 0.29) is 12.2 Å². The molecule has 4 aromatic rings. The molecule has 1 amide bonds. The molecule has 12 heteroatoms. The molecule has 0 spiro atoms. The molecule has 9 nitrogen and oxygen atoms in total. The maximum Gasteiger partial charge on any atom is 0.490 e. The number of esters is 1. The number of primary amides is 1. The number of aromatic amines is 1. The maximum atomic E-state index is 12.2. The number of nitrogens with one attached hydrogen (secondary N) is 2. The number of ether oxygens (including phenoxy) is 2. The summed E-state index contributed by atoms with van der Waals surface area (Å²) in [7, 11) is 0. The SMILES string of the molecule is CCc1ccccc1Nc1c(C(N)=O)cnc2[nH]c(-c3ccc(OCCOC(=O)C(F)(F)F)cc3)nc12. The van der Waals surface area contributed by atoms with Crippen LogP contribution in [0.5, 0.6) is 5.75 Å². The van der Waals surface area contributed by atoms with E-state index in [0.717, 1.165) is 17.7 Å². The van der Waals surface area contributed by atoms with Gasteiger partial charge in [-0.1, -0.05) is 25.1 Å². The van der Waals surface area contributed by atoms with Crippen molar-refractivity contribution in [2.45, 2.75) is 19.5 Å². The number of halogens is 3. The number of alkyl halides is 3. The van der Waals surface area contributed by atoms with Crippen molar-refractivity contribution < 1.29 is 32.2 Å². The summed E-state index contributed by atoms with van der Waals surface area (Å²) in [4.78, 5) is 34.9. The van der Waals surface area contributed by atoms with Crippen molar-refractivity contribution in [3.05, 3.63) is 65.9 Å². The first-order valence-corrected chi connectivity index (χ1v) is 11.2. The van der Waals surface area contributed by atoms with E-state index in [0.29, 0.717) is 34.0 Å². The lowest BCUT2D eigenvalue weighted by Gasteiger charge is -2.13. The molecule has 0 bridgehead atoms. The lowest BCUT2D eigenvalue weighted by molar-refractivity contribution is -0.200. The molecule has 2 heterocycles. The van der Waals surface area contributed by atoms with E-state index < -0.39 is 24.7 Å². The van der Waals surface area contributed by atoms with Gasteiger partial charge >= 0.3 is 12.1 Å². The summed E-state index contributed by atoms with van der Waals surface area (Å²) in [6.45, 7) is 1.22. The summed E-state index contributed by atoms with van der Waals surface area (Å²) >= 11 is 0. The van der Waals surface area contributed by atoms with Gasteiger partial charge in [0.25, 0.3) is 5.91 Å². The molecule has 4 rings (SSSR count). The normalized spacial score (nSPS) is 11.4. The predicted molar refractivity (Wildman–Crippen MR) is 129 cm³/mol. The van der Waals surface area contributed by atoms with Crippen molar-refractivity contribution in [3.63, 3.8) is 0 Å². The Morgan fingerprint density at radius 1 is 1.08 bits per heavy atom. The van der Waals surface area contributed by atoms with Gasteiger partial charge in [-0.15, -0.1) is 0 Å². The Morgan fingerprint density at radius 3 is 2.49 bits per heavy atom. The molecule has 0 atom stereocenters. The summed E-state index contributed by atoms with van der Waals surface area (Å²) in [5.41, 5.74) is 9.58. The quantitative estimate of drug-likeness (QED) is 0.222. The van der Waals surface area contributed by atoms with Crippen LogP contribution < -0.4 is 15.8 Å². The Hall–Kier alpha value is -4.61. The number of imidazole rings is 1. The molecule has 0 aliphatic carbocycles. The third kappa shape index (κ3) is 5.80. The van der Waals surface area contributed by atoms with Gasteiger partial charge in [-0.2, -0.15) is 13.2 Å². The number of carbonyl (C=O) groups excluding carboxylic acids is 2. The van der Waals surface area contributed by atoms with Crippen LogP contribution in [0.1, 0.15) is 22.8 Å². The first kappa shape index (κ1) is 25.5. The highest BCUT2D eigenvalue weighted by atomic mass is 19.4. The Balaban J connectivity index is 1.55. The Morgan fingerprint density at radius 2 is 1.81 bits per heavy atom. The van der Waals surface area contributed by atoms with Crippen LogP contribution in [-0.2, 0) is 16.0 Å². The average Bonchev–Trinajstić information content (AvgIpc) is 3.31. The molecule has 192 valence electrons. The smallest absolute Gasteiger partial charge is 0.490 e. The molecule has 0 aliphatic rings. The Kier molecular flexibility index (Phi) is 7.27. The number of anilines is 2. The lowest BCUT2D eigenvalue weighted by Crippen LogP contribution is -2.27. The molecular formula is C25H22F3N5O4. The number of hydrogen-bond donors (Lipinski definition) is 3. The van der Waals surface area contributed by atoms with Gasteiger partial charge in [-0.25, -0.2) is 14.8 Å². The van der Waals surface area contributed by atoms with Gasteiger partial charge in [0.2, 0.25) is 0 Å². The summed E-state index contributed by atoms with van der Waals surface area (Å²) in [6.07, 6.45) is -2.89. The number of carbonyl (C=O) groups is 2. The third-order valence-corrected chi connectivity index (χ3v) is 5.38. The highest BCUT2D eigenvalue weighted by Gasteiger charge is 2.40. The van der Waals surface area contributed by atoms with Crippen LogP contribution in [0.3, 0.4) is 0 Å². The largest absolute Gasteiger partial charge is 0.490 e. The standard InChI is InChI=1S/C25H22F3N5O4/c1-2-14-5-3-4-6-18(14)31-19-17(21(29)34)13-30-23-20(19)32-22(33-23)15-7-9-16(10-8-15)36-11-12-37-24(35)25(26,27)28/h3-10,13H,2,11-12H2,1H3,(H2,29,34)(H2,30,31,32,33). The minimum Gasteiger partial charge on any atom is -0.490 e. The summed E-state index contributed by atoms with van der Waals surface area (Å²) in [5.74, 6) is -2.11. The number of rotatable bonds is 9. The topological polar surface area (TPSA) is 132 Å². The van der Waals surface area contributed by atoms with Crippen molar-refractivity contribution in [2.75, 3.05) is 18.5 Å². The molecule has 0 aliphatic heterocycles. The second-order valence-electron chi connectivity index (χ2n) is 7.84. The van der Waals surface area contributed by atoms with Crippen molar-refractivity contribution in [2.24, 2.45) is 5.73 Å². The molecule has 0 saturated carbocycles. The number of benzene rings is 2. The fourth-order valence-corrected chi connectivity index (χ4v) is 3.57. The predicted octanol–water partition coefficient (Wildman–Crippen LogP) is 4.51. The molecule has 0 unspecified atom stereocenters. The molecule has 37 heavy (non-hydrogen) atoms. The third-order valence-electron chi connectivity index (χ3n) is 5.38. The molecule has 0 saturated heterocycles. The van der Waals surface area contributed by atoms with Crippen molar-refractivity contribution in [3.8, 4) is 17.1 Å². The Bertz CT molecular complexity index is 1430. The second-order valence-corrected chi connectivity index (χ2v) is 7.84. The number of para-hydroxylation sites is 1. The number of amides is 1. The van der Waals surface area contributed by atoms with E-state index in [4.69, 9.17) is 10.5 Å². The number of fused-ring (bicyclic) bond motifs is 1. The number of aromatic nitrogens is 3. The lowest BCUT2D eigenvalue weighted by atomic mass is 10.1. The molecular weight excluding hydrogens is 491 g/mol. The van der Waals surface area contributed by atoms with E-state index in [1.807, 2.05) is 31.2 Å². The van der Waals surface area contributed by atoms with E-state index in [9.17, 15) is 22.8 Å². The summed E-state index contributed by atoms with van der Waals surface area (Å²) in [6, 6.07) is 14.2. The molecule has 2 aromatic heterocycles. The molecule has 2 aromatic carbocycles. The van der Waals surface area contributed by atoms with Gasteiger partial charge in [0.15, 0.2) is 5.65 Å². The van der Waals surface area contributed by atoms with Crippen LogP contribution in [0, 0.1) is 0 Å². The molecule has 4 N–H and O–H groups in total. The number of nitrogens with zero attached hydrogens (tertiary/aromatic N) is 2. The number of hydrogen-bond acceptors (Lipinski definition) is 7. The van der Waals surface area contributed by atoms with Gasteiger partial charge in [-0.3, -0.25) is 4.79 Å². The summed E-state index contributed by atoms with van der Waals surface area (Å²) < 4.78 is 45.9. The van der Waals surface area contributed by atoms with Crippen LogP contribution in [0.15, 0.2) is 54.7 Å². The monoisotopic (exact) mass is 513 g/mol. The van der Waals surface area contributed by atoms with Crippen LogP contribution in [0.4, 0.5) is 24.5 Å².